The van der Waals surface area contributed by atoms with Crippen molar-refractivity contribution in [3.63, 3.8) is 0 Å². The predicted octanol–water partition coefficient (Wildman–Crippen LogP) is 6.38. The molecule has 1 heterocycles. The van der Waals surface area contributed by atoms with Crippen molar-refractivity contribution in [2.24, 2.45) is 0 Å². The first-order valence-corrected chi connectivity index (χ1v) is 13.4. The van der Waals surface area contributed by atoms with Crippen LogP contribution in [-0.4, -0.2) is 45.3 Å². The van der Waals surface area contributed by atoms with Gasteiger partial charge < -0.3 is 14.4 Å². The molecule has 0 unspecified atom stereocenters. The normalized spacial score (nSPS) is 11.2. The summed E-state index contributed by atoms with van der Waals surface area (Å²) in [6.45, 7) is 8.00. The molecule has 0 N–H and O–H groups in total. The van der Waals surface area contributed by atoms with E-state index in [1.807, 2.05) is 67.3 Å². The Labute approximate surface area is 223 Å². The molecule has 36 heavy (non-hydrogen) atoms. The average Bonchev–Trinajstić information content (AvgIpc) is 3.31. The summed E-state index contributed by atoms with van der Waals surface area (Å²) in [6, 6.07) is 22.0. The maximum atomic E-state index is 13.5. The molecule has 0 aliphatic carbocycles. The first-order chi connectivity index (χ1) is 17.4. The Morgan fingerprint density at radius 2 is 1.72 bits per heavy atom. The standard InChI is InChI=1S/C30H36BrN3O2/c1-4-5-19-33(22-28-12-9-20-32(28)21-26-13-16-27(31)17-14-26)30(36)23-34(24(2)3)29(35)18-15-25-10-7-6-8-11-25/h6-18,20,24H,4-5,19,21-23H2,1-3H3/b18-15+. The average molecular weight is 551 g/mol. The molecule has 0 radical (unpaired) electrons. The van der Waals surface area contributed by atoms with E-state index in [0.717, 1.165) is 35.1 Å². The Bertz CT molecular complexity index is 1140. The SMILES string of the molecule is CCCCN(Cc1cccn1Cc1ccc(Br)cc1)C(=O)CN(C(=O)/C=C/c1ccccc1)C(C)C. The van der Waals surface area contributed by atoms with E-state index >= 15 is 0 Å². The molecule has 0 fully saturated rings. The molecule has 0 saturated carbocycles. The highest BCUT2D eigenvalue weighted by molar-refractivity contribution is 9.10. The summed E-state index contributed by atoms with van der Waals surface area (Å²) in [5.41, 5.74) is 3.23. The topological polar surface area (TPSA) is 45.6 Å². The number of unbranched alkanes of at least 4 members (excludes halogenated alkanes) is 1. The molecule has 190 valence electrons. The second kappa shape index (κ2) is 13.8. The highest BCUT2D eigenvalue weighted by atomic mass is 79.9. The van der Waals surface area contributed by atoms with Crippen LogP contribution in [0.15, 0.2) is 83.5 Å². The van der Waals surface area contributed by atoms with Gasteiger partial charge in [0.15, 0.2) is 0 Å². The smallest absolute Gasteiger partial charge is 0.247 e. The van der Waals surface area contributed by atoms with Gasteiger partial charge in [-0.05, 0) is 61.7 Å². The van der Waals surface area contributed by atoms with Gasteiger partial charge in [-0.15, -0.1) is 0 Å². The van der Waals surface area contributed by atoms with Gasteiger partial charge in [0.05, 0.1) is 6.54 Å². The third-order valence-electron chi connectivity index (χ3n) is 6.11. The van der Waals surface area contributed by atoms with E-state index < -0.39 is 0 Å². The number of hydrogen-bond acceptors (Lipinski definition) is 2. The fourth-order valence-corrected chi connectivity index (χ4v) is 4.22. The molecule has 0 spiro atoms. The number of carbonyl (C=O) groups excluding carboxylic acids is 2. The van der Waals surface area contributed by atoms with Crippen molar-refractivity contribution >= 4 is 33.8 Å². The zero-order valence-electron chi connectivity index (χ0n) is 21.4. The summed E-state index contributed by atoms with van der Waals surface area (Å²) in [5, 5.41) is 0. The zero-order chi connectivity index (χ0) is 25.9. The van der Waals surface area contributed by atoms with Crippen LogP contribution in [0.1, 0.15) is 50.4 Å². The third kappa shape index (κ3) is 8.23. The van der Waals surface area contributed by atoms with Gasteiger partial charge in [-0.3, -0.25) is 9.59 Å². The zero-order valence-corrected chi connectivity index (χ0v) is 23.0. The number of halogens is 1. The van der Waals surface area contributed by atoms with Gasteiger partial charge in [-0.1, -0.05) is 71.7 Å². The lowest BCUT2D eigenvalue weighted by Gasteiger charge is -2.30. The monoisotopic (exact) mass is 549 g/mol. The Morgan fingerprint density at radius 1 is 1.00 bits per heavy atom. The Kier molecular flexibility index (Phi) is 10.6. The minimum atomic E-state index is -0.156. The second-order valence-corrected chi connectivity index (χ2v) is 10.1. The van der Waals surface area contributed by atoms with Crippen molar-refractivity contribution in [2.45, 2.75) is 52.7 Å². The van der Waals surface area contributed by atoms with Crippen LogP contribution in [-0.2, 0) is 22.7 Å². The molecule has 2 amide bonds. The maximum Gasteiger partial charge on any atom is 0.247 e. The predicted molar refractivity (Wildman–Crippen MR) is 150 cm³/mol. The van der Waals surface area contributed by atoms with Crippen LogP contribution in [0.25, 0.3) is 6.08 Å². The first kappa shape index (κ1) is 27.5. The lowest BCUT2D eigenvalue weighted by Crippen LogP contribution is -2.45. The Balaban J connectivity index is 1.71. The number of carbonyl (C=O) groups is 2. The lowest BCUT2D eigenvalue weighted by atomic mass is 10.2. The summed E-state index contributed by atoms with van der Waals surface area (Å²) < 4.78 is 3.24. The Hall–Kier alpha value is -3.12. The number of hydrogen-bond donors (Lipinski definition) is 0. The van der Waals surface area contributed by atoms with Crippen LogP contribution in [0.3, 0.4) is 0 Å². The maximum absolute atomic E-state index is 13.5. The van der Waals surface area contributed by atoms with Crippen molar-refractivity contribution in [2.75, 3.05) is 13.1 Å². The molecular formula is C30H36BrN3O2. The second-order valence-electron chi connectivity index (χ2n) is 9.23. The minimum absolute atomic E-state index is 0.0324. The molecule has 2 aromatic carbocycles. The van der Waals surface area contributed by atoms with Crippen LogP contribution < -0.4 is 0 Å². The van der Waals surface area contributed by atoms with Gasteiger partial charge in [0.2, 0.25) is 11.8 Å². The summed E-state index contributed by atoms with van der Waals surface area (Å²) in [7, 11) is 0. The first-order valence-electron chi connectivity index (χ1n) is 12.6. The van der Waals surface area contributed by atoms with E-state index in [1.165, 1.54) is 5.56 Å². The third-order valence-corrected chi connectivity index (χ3v) is 6.64. The van der Waals surface area contributed by atoms with Crippen LogP contribution in [0.5, 0.6) is 0 Å². The van der Waals surface area contributed by atoms with E-state index in [9.17, 15) is 9.59 Å². The molecule has 5 nitrogen and oxygen atoms in total. The van der Waals surface area contributed by atoms with Gasteiger partial charge in [0.25, 0.3) is 0 Å². The molecule has 3 aromatic rings. The Morgan fingerprint density at radius 3 is 2.39 bits per heavy atom. The highest BCUT2D eigenvalue weighted by Crippen LogP contribution is 2.15. The summed E-state index contributed by atoms with van der Waals surface area (Å²) in [5.74, 6) is -0.189. The summed E-state index contributed by atoms with van der Waals surface area (Å²) in [6.07, 6.45) is 7.33. The lowest BCUT2D eigenvalue weighted by molar-refractivity contribution is -0.140. The van der Waals surface area contributed by atoms with E-state index in [-0.39, 0.29) is 24.4 Å². The fraction of sp³-hybridized carbons (Fsp3) is 0.333. The van der Waals surface area contributed by atoms with Crippen LogP contribution in [0.2, 0.25) is 0 Å². The molecule has 0 atom stereocenters. The fourth-order valence-electron chi connectivity index (χ4n) is 3.96. The van der Waals surface area contributed by atoms with Crippen molar-refractivity contribution in [3.8, 4) is 0 Å². The molecule has 0 saturated heterocycles. The van der Waals surface area contributed by atoms with E-state index in [4.69, 9.17) is 0 Å². The highest BCUT2D eigenvalue weighted by Gasteiger charge is 2.23. The summed E-state index contributed by atoms with van der Waals surface area (Å²) >= 11 is 3.49. The van der Waals surface area contributed by atoms with Gasteiger partial charge in [0, 0.05) is 41.6 Å². The van der Waals surface area contributed by atoms with Crippen LogP contribution in [0.4, 0.5) is 0 Å². The van der Waals surface area contributed by atoms with Gasteiger partial charge in [-0.25, -0.2) is 0 Å². The largest absolute Gasteiger partial charge is 0.345 e. The number of aromatic nitrogens is 1. The van der Waals surface area contributed by atoms with E-state index in [0.29, 0.717) is 13.1 Å². The van der Waals surface area contributed by atoms with Crippen molar-refractivity contribution in [1.29, 1.82) is 0 Å². The van der Waals surface area contributed by atoms with Gasteiger partial charge in [0.1, 0.15) is 6.54 Å². The van der Waals surface area contributed by atoms with Gasteiger partial charge in [-0.2, -0.15) is 0 Å². The molecule has 3 rings (SSSR count). The van der Waals surface area contributed by atoms with Gasteiger partial charge >= 0.3 is 0 Å². The summed E-state index contributed by atoms with van der Waals surface area (Å²) in [4.78, 5) is 30.0. The molecule has 6 heteroatoms. The number of rotatable bonds is 12. The molecule has 0 aliphatic rings. The van der Waals surface area contributed by atoms with Crippen LogP contribution in [0, 0.1) is 0 Å². The molecular weight excluding hydrogens is 514 g/mol. The van der Waals surface area contributed by atoms with Crippen molar-refractivity contribution in [1.82, 2.24) is 14.4 Å². The molecule has 0 aliphatic heterocycles. The van der Waals surface area contributed by atoms with Crippen molar-refractivity contribution in [3.05, 3.63) is 100 Å². The van der Waals surface area contributed by atoms with E-state index in [2.05, 4.69) is 51.8 Å². The number of benzene rings is 2. The van der Waals surface area contributed by atoms with E-state index in [1.54, 1.807) is 17.1 Å². The minimum Gasteiger partial charge on any atom is -0.345 e. The quantitative estimate of drug-likeness (QED) is 0.246. The number of amides is 2. The molecule has 1 aromatic heterocycles. The molecule has 0 bridgehead atoms. The number of nitrogens with zero attached hydrogens (tertiary/aromatic N) is 3. The van der Waals surface area contributed by atoms with Crippen LogP contribution >= 0.6 is 15.9 Å². The van der Waals surface area contributed by atoms with Crippen molar-refractivity contribution < 1.29 is 9.59 Å².